The van der Waals surface area contributed by atoms with Crippen molar-refractivity contribution in [3.63, 3.8) is 0 Å². The first kappa shape index (κ1) is 15.2. The van der Waals surface area contributed by atoms with Gasteiger partial charge in [0.2, 0.25) is 5.91 Å². The molecule has 2 aromatic rings. The number of carbonyl (C=O) groups excluding carboxylic acids is 1. The van der Waals surface area contributed by atoms with Crippen LogP contribution in [0.1, 0.15) is 23.4 Å². The summed E-state index contributed by atoms with van der Waals surface area (Å²) >= 11 is 1.60. The zero-order chi connectivity index (χ0) is 15.4. The largest absolute Gasteiger partial charge is 0.376 e. The average Bonchev–Trinajstić information content (AvgIpc) is 3.17. The minimum Gasteiger partial charge on any atom is -0.376 e. The molecule has 1 aromatic carbocycles. The molecule has 0 spiro atoms. The highest BCUT2D eigenvalue weighted by Gasteiger charge is 2.17. The van der Waals surface area contributed by atoms with E-state index in [1.165, 1.54) is 0 Å². The SMILES string of the molecule is Cc1nc(-c2ccccc2)sc1CC(=O)NCC1CCCO1. The van der Waals surface area contributed by atoms with Crippen molar-refractivity contribution in [3.8, 4) is 10.6 Å². The summed E-state index contributed by atoms with van der Waals surface area (Å²) in [5, 5.41) is 3.94. The summed E-state index contributed by atoms with van der Waals surface area (Å²) in [5.74, 6) is 0.0434. The van der Waals surface area contributed by atoms with E-state index in [0.29, 0.717) is 13.0 Å². The molecule has 1 fully saturated rings. The number of carbonyl (C=O) groups is 1. The number of hydrogen-bond donors (Lipinski definition) is 1. The van der Waals surface area contributed by atoms with E-state index in [1.54, 1.807) is 11.3 Å². The lowest BCUT2D eigenvalue weighted by Crippen LogP contribution is -2.32. The summed E-state index contributed by atoms with van der Waals surface area (Å²) in [6.07, 6.45) is 2.71. The van der Waals surface area contributed by atoms with Crippen LogP contribution in [0.3, 0.4) is 0 Å². The third kappa shape index (κ3) is 3.72. The Hall–Kier alpha value is -1.72. The van der Waals surface area contributed by atoms with Crippen LogP contribution in [0, 0.1) is 6.92 Å². The van der Waals surface area contributed by atoms with Crippen LogP contribution in [0.4, 0.5) is 0 Å². The third-order valence-corrected chi connectivity index (χ3v) is 4.99. The summed E-state index contributed by atoms with van der Waals surface area (Å²) in [5.41, 5.74) is 2.04. The Labute approximate surface area is 134 Å². The van der Waals surface area contributed by atoms with Gasteiger partial charge in [-0.25, -0.2) is 4.98 Å². The number of nitrogens with one attached hydrogen (secondary N) is 1. The molecule has 0 saturated carbocycles. The summed E-state index contributed by atoms with van der Waals surface area (Å²) < 4.78 is 5.51. The maximum Gasteiger partial charge on any atom is 0.225 e. The molecule has 1 aliphatic heterocycles. The van der Waals surface area contributed by atoms with E-state index in [2.05, 4.69) is 10.3 Å². The van der Waals surface area contributed by atoms with Gasteiger partial charge in [-0.05, 0) is 19.8 Å². The summed E-state index contributed by atoms with van der Waals surface area (Å²) in [6.45, 7) is 3.39. The predicted molar refractivity (Wildman–Crippen MR) is 88.0 cm³/mol. The van der Waals surface area contributed by atoms with Gasteiger partial charge in [-0.2, -0.15) is 0 Å². The van der Waals surface area contributed by atoms with Crippen LogP contribution in [0.5, 0.6) is 0 Å². The number of thiazole rings is 1. The van der Waals surface area contributed by atoms with Gasteiger partial charge < -0.3 is 10.1 Å². The molecule has 3 rings (SSSR count). The van der Waals surface area contributed by atoms with Gasteiger partial charge in [-0.3, -0.25) is 4.79 Å². The van der Waals surface area contributed by atoms with E-state index >= 15 is 0 Å². The first-order valence-electron chi connectivity index (χ1n) is 7.62. The molecule has 1 N–H and O–H groups in total. The van der Waals surface area contributed by atoms with Crippen molar-refractivity contribution in [2.75, 3.05) is 13.2 Å². The Balaban J connectivity index is 1.60. The molecule has 1 aromatic heterocycles. The van der Waals surface area contributed by atoms with Crippen LogP contribution in [0.15, 0.2) is 30.3 Å². The number of rotatable bonds is 5. The van der Waals surface area contributed by atoms with E-state index in [0.717, 1.165) is 40.6 Å². The second kappa shape index (κ2) is 7.03. The summed E-state index contributed by atoms with van der Waals surface area (Å²) in [4.78, 5) is 17.7. The first-order chi connectivity index (χ1) is 10.7. The molecule has 22 heavy (non-hydrogen) atoms. The molecule has 2 heterocycles. The Morgan fingerprint density at radius 1 is 1.41 bits per heavy atom. The number of nitrogens with zero attached hydrogens (tertiary/aromatic N) is 1. The Kier molecular flexibility index (Phi) is 4.85. The Morgan fingerprint density at radius 2 is 2.23 bits per heavy atom. The molecule has 4 nitrogen and oxygen atoms in total. The maximum atomic E-state index is 12.1. The summed E-state index contributed by atoms with van der Waals surface area (Å²) in [6, 6.07) is 10.1. The average molecular weight is 316 g/mol. The molecular weight excluding hydrogens is 296 g/mol. The van der Waals surface area contributed by atoms with Crippen LogP contribution in [-0.4, -0.2) is 30.1 Å². The van der Waals surface area contributed by atoms with E-state index in [9.17, 15) is 4.79 Å². The Bertz CT molecular complexity index is 633. The molecule has 1 aliphatic rings. The van der Waals surface area contributed by atoms with Crippen LogP contribution >= 0.6 is 11.3 Å². The number of aryl methyl sites for hydroxylation is 1. The van der Waals surface area contributed by atoms with Crippen molar-refractivity contribution < 1.29 is 9.53 Å². The fourth-order valence-corrected chi connectivity index (χ4v) is 3.60. The smallest absolute Gasteiger partial charge is 0.225 e. The number of aromatic nitrogens is 1. The Morgan fingerprint density at radius 3 is 2.95 bits per heavy atom. The number of hydrogen-bond acceptors (Lipinski definition) is 4. The van der Waals surface area contributed by atoms with Gasteiger partial charge in [0.1, 0.15) is 5.01 Å². The van der Waals surface area contributed by atoms with Gasteiger partial charge in [0.15, 0.2) is 0 Å². The van der Waals surface area contributed by atoms with Crippen LogP contribution < -0.4 is 5.32 Å². The predicted octanol–water partition coefficient (Wildman–Crippen LogP) is 2.96. The van der Waals surface area contributed by atoms with Gasteiger partial charge in [0.05, 0.1) is 18.2 Å². The molecule has 116 valence electrons. The van der Waals surface area contributed by atoms with Crippen molar-refractivity contribution in [1.82, 2.24) is 10.3 Å². The number of amides is 1. The normalized spacial score (nSPS) is 17.6. The van der Waals surface area contributed by atoms with Gasteiger partial charge >= 0.3 is 0 Å². The number of ether oxygens (including phenoxy) is 1. The van der Waals surface area contributed by atoms with Gasteiger partial charge in [0, 0.05) is 23.6 Å². The second-order valence-corrected chi connectivity index (χ2v) is 6.59. The lowest BCUT2D eigenvalue weighted by atomic mass is 10.2. The van der Waals surface area contributed by atoms with Crippen LogP contribution in [0.2, 0.25) is 0 Å². The van der Waals surface area contributed by atoms with Crippen molar-refractivity contribution in [3.05, 3.63) is 40.9 Å². The van der Waals surface area contributed by atoms with Gasteiger partial charge in [0.25, 0.3) is 0 Å². The van der Waals surface area contributed by atoms with Crippen molar-refractivity contribution in [2.24, 2.45) is 0 Å². The topological polar surface area (TPSA) is 51.2 Å². The number of benzene rings is 1. The molecule has 1 atom stereocenters. The molecule has 0 aliphatic carbocycles. The highest BCUT2D eigenvalue weighted by atomic mass is 32.1. The van der Waals surface area contributed by atoms with E-state index in [4.69, 9.17) is 4.74 Å². The van der Waals surface area contributed by atoms with Crippen molar-refractivity contribution in [2.45, 2.75) is 32.3 Å². The molecule has 1 amide bonds. The zero-order valence-corrected chi connectivity index (χ0v) is 13.5. The molecule has 5 heteroatoms. The van der Waals surface area contributed by atoms with E-state index in [-0.39, 0.29) is 12.0 Å². The van der Waals surface area contributed by atoms with Gasteiger partial charge in [-0.1, -0.05) is 30.3 Å². The third-order valence-electron chi connectivity index (χ3n) is 3.79. The monoisotopic (exact) mass is 316 g/mol. The molecule has 0 radical (unpaired) electrons. The lowest BCUT2D eigenvalue weighted by molar-refractivity contribution is -0.120. The lowest BCUT2D eigenvalue weighted by Gasteiger charge is -2.10. The maximum absolute atomic E-state index is 12.1. The van der Waals surface area contributed by atoms with Crippen LogP contribution in [0.25, 0.3) is 10.6 Å². The fraction of sp³-hybridized carbons (Fsp3) is 0.412. The first-order valence-corrected chi connectivity index (χ1v) is 8.44. The molecule has 1 saturated heterocycles. The van der Waals surface area contributed by atoms with Crippen molar-refractivity contribution >= 4 is 17.2 Å². The zero-order valence-electron chi connectivity index (χ0n) is 12.7. The minimum atomic E-state index is 0.0434. The summed E-state index contributed by atoms with van der Waals surface area (Å²) in [7, 11) is 0. The molecular formula is C17H20N2O2S. The van der Waals surface area contributed by atoms with Crippen molar-refractivity contribution in [1.29, 1.82) is 0 Å². The van der Waals surface area contributed by atoms with E-state index < -0.39 is 0 Å². The molecule has 0 bridgehead atoms. The van der Waals surface area contributed by atoms with Gasteiger partial charge in [-0.15, -0.1) is 11.3 Å². The van der Waals surface area contributed by atoms with Crippen LogP contribution in [-0.2, 0) is 16.0 Å². The quantitative estimate of drug-likeness (QED) is 0.922. The standard InChI is InChI=1S/C17H20N2O2S/c1-12-15(10-16(20)18-11-14-8-5-9-21-14)22-17(19-12)13-6-3-2-4-7-13/h2-4,6-7,14H,5,8-11H2,1H3,(H,18,20). The minimum absolute atomic E-state index is 0.0434. The highest BCUT2D eigenvalue weighted by Crippen LogP contribution is 2.28. The van der Waals surface area contributed by atoms with E-state index in [1.807, 2.05) is 37.3 Å². The fourth-order valence-electron chi connectivity index (χ4n) is 2.54. The highest BCUT2D eigenvalue weighted by molar-refractivity contribution is 7.15. The second-order valence-electron chi connectivity index (χ2n) is 5.51. The molecule has 1 unspecified atom stereocenters.